The predicted octanol–water partition coefficient (Wildman–Crippen LogP) is 2.83. The van der Waals surface area contributed by atoms with Crippen molar-refractivity contribution in [3.63, 3.8) is 0 Å². The lowest BCUT2D eigenvalue weighted by Crippen LogP contribution is -2.37. The van der Waals surface area contributed by atoms with Crippen LogP contribution in [0.4, 0.5) is 5.82 Å². The molecule has 3 rings (SSSR count). The van der Waals surface area contributed by atoms with Gasteiger partial charge >= 0.3 is 0 Å². The number of hydrogen-bond acceptors (Lipinski definition) is 6. The fourth-order valence-corrected chi connectivity index (χ4v) is 3.42. The lowest BCUT2D eigenvalue weighted by molar-refractivity contribution is 0.0853. The van der Waals surface area contributed by atoms with Crippen LogP contribution in [-0.4, -0.2) is 41.3 Å². The predicted molar refractivity (Wildman–Crippen MR) is 84.9 cm³/mol. The summed E-state index contributed by atoms with van der Waals surface area (Å²) in [5, 5.41) is 0. The lowest BCUT2D eigenvalue weighted by atomic mass is 10.1. The molecule has 112 valence electrons. The van der Waals surface area contributed by atoms with Gasteiger partial charge in [0.05, 0.1) is 21.8 Å². The molecule has 0 aromatic carbocycles. The summed E-state index contributed by atoms with van der Waals surface area (Å²) >= 11 is 1.63. The van der Waals surface area contributed by atoms with Gasteiger partial charge in [-0.25, -0.2) is 15.0 Å². The molecule has 0 saturated carbocycles. The lowest BCUT2D eigenvalue weighted by Gasteiger charge is -2.32. The molecule has 3 heterocycles. The Morgan fingerprint density at radius 1 is 1.24 bits per heavy atom. The second-order valence-corrected chi connectivity index (χ2v) is 6.23. The third-order valence-corrected chi connectivity index (χ3v) is 4.85. The minimum atomic E-state index is 0.489. The van der Waals surface area contributed by atoms with Crippen LogP contribution < -0.4 is 4.90 Å². The Bertz CT molecular complexity index is 622. The molecular formula is C15H20N4OS. The molecule has 6 heteroatoms. The minimum Gasteiger partial charge on any atom is -0.381 e. The average molecular weight is 304 g/mol. The molecule has 0 radical (unpaired) electrons. The van der Waals surface area contributed by atoms with E-state index >= 15 is 0 Å². The summed E-state index contributed by atoms with van der Waals surface area (Å²) in [4.78, 5) is 16.9. The van der Waals surface area contributed by atoms with Gasteiger partial charge in [0.2, 0.25) is 0 Å². The maximum Gasteiger partial charge on any atom is 0.132 e. The van der Waals surface area contributed by atoms with Crippen LogP contribution in [0.5, 0.6) is 0 Å². The summed E-state index contributed by atoms with van der Waals surface area (Å²) < 4.78 is 5.44. The van der Waals surface area contributed by atoms with Crippen molar-refractivity contribution in [2.24, 2.45) is 0 Å². The zero-order chi connectivity index (χ0) is 14.8. The van der Waals surface area contributed by atoms with Gasteiger partial charge < -0.3 is 9.64 Å². The first-order valence-electron chi connectivity index (χ1n) is 7.22. The van der Waals surface area contributed by atoms with Crippen LogP contribution in [0.25, 0.3) is 10.6 Å². The molecule has 0 spiro atoms. The van der Waals surface area contributed by atoms with E-state index in [1.54, 1.807) is 11.3 Å². The van der Waals surface area contributed by atoms with Crippen LogP contribution in [0.3, 0.4) is 0 Å². The Morgan fingerprint density at radius 3 is 2.67 bits per heavy atom. The molecule has 1 saturated heterocycles. The van der Waals surface area contributed by atoms with Crippen LogP contribution in [-0.2, 0) is 4.74 Å². The molecule has 0 bridgehead atoms. The van der Waals surface area contributed by atoms with Crippen molar-refractivity contribution in [2.75, 3.05) is 25.2 Å². The van der Waals surface area contributed by atoms with E-state index in [9.17, 15) is 0 Å². The number of anilines is 1. The Morgan fingerprint density at radius 2 is 2.00 bits per heavy atom. The highest BCUT2D eigenvalue weighted by molar-refractivity contribution is 7.13. The first-order valence-corrected chi connectivity index (χ1v) is 8.10. The molecular weight excluding hydrogens is 284 g/mol. The zero-order valence-electron chi connectivity index (χ0n) is 12.7. The summed E-state index contributed by atoms with van der Waals surface area (Å²) in [5.41, 5.74) is 3.86. The third-order valence-electron chi connectivity index (χ3n) is 3.90. The van der Waals surface area contributed by atoms with E-state index in [4.69, 9.17) is 4.74 Å². The summed E-state index contributed by atoms with van der Waals surface area (Å²) in [7, 11) is 2.11. The van der Waals surface area contributed by atoms with Crippen molar-refractivity contribution in [1.82, 2.24) is 15.0 Å². The van der Waals surface area contributed by atoms with Crippen LogP contribution in [0.15, 0.2) is 11.6 Å². The number of aryl methyl sites for hydroxylation is 2. The normalized spacial score (nSPS) is 16.1. The fourth-order valence-electron chi connectivity index (χ4n) is 2.66. The molecule has 1 fully saturated rings. The van der Waals surface area contributed by atoms with Crippen LogP contribution in [0, 0.1) is 13.8 Å². The molecule has 0 aliphatic carbocycles. The molecule has 0 unspecified atom stereocenters. The quantitative estimate of drug-likeness (QED) is 0.872. The molecule has 5 nitrogen and oxygen atoms in total. The molecule has 1 aliphatic heterocycles. The number of ether oxygens (including phenoxy) is 1. The molecule has 0 atom stereocenters. The number of rotatable bonds is 3. The van der Waals surface area contributed by atoms with Crippen molar-refractivity contribution >= 4 is 17.2 Å². The smallest absolute Gasteiger partial charge is 0.132 e. The summed E-state index contributed by atoms with van der Waals surface area (Å²) in [6, 6.07) is 2.56. The van der Waals surface area contributed by atoms with Crippen molar-refractivity contribution in [2.45, 2.75) is 32.7 Å². The van der Waals surface area contributed by atoms with Gasteiger partial charge in [0, 0.05) is 32.4 Å². The molecule has 21 heavy (non-hydrogen) atoms. The van der Waals surface area contributed by atoms with Crippen LogP contribution in [0.1, 0.15) is 24.4 Å². The second kappa shape index (κ2) is 6.07. The number of aromatic nitrogens is 3. The Kier molecular flexibility index (Phi) is 4.17. The first-order chi connectivity index (χ1) is 10.1. The average Bonchev–Trinajstić information content (AvgIpc) is 2.93. The van der Waals surface area contributed by atoms with Gasteiger partial charge in [0.25, 0.3) is 0 Å². The van der Waals surface area contributed by atoms with Gasteiger partial charge in [-0.1, -0.05) is 0 Å². The fraction of sp³-hybridized carbons (Fsp3) is 0.533. The van der Waals surface area contributed by atoms with Gasteiger partial charge in [-0.2, -0.15) is 0 Å². The summed E-state index contributed by atoms with van der Waals surface area (Å²) in [6.45, 7) is 5.63. The van der Waals surface area contributed by atoms with Crippen molar-refractivity contribution < 1.29 is 4.74 Å². The van der Waals surface area contributed by atoms with Gasteiger partial charge in [-0.05, 0) is 26.7 Å². The van der Waals surface area contributed by atoms with Gasteiger partial charge in [0.1, 0.15) is 11.6 Å². The van der Waals surface area contributed by atoms with E-state index in [0.29, 0.717) is 6.04 Å². The Labute approximate surface area is 129 Å². The maximum atomic E-state index is 5.44. The van der Waals surface area contributed by atoms with Crippen molar-refractivity contribution in [3.05, 3.63) is 23.1 Å². The van der Waals surface area contributed by atoms with E-state index in [-0.39, 0.29) is 0 Å². The van der Waals surface area contributed by atoms with Gasteiger partial charge in [-0.15, -0.1) is 11.3 Å². The van der Waals surface area contributed by atoms with Crippen molar-refractivity contribution in [1.29, 1.82) is 0 Å². The zero-order valence-corrected chi connectivity index (χ0v) is 13.5. The summed E-state index contributed by atoms with van der Waals surface area (Å²) in [6.07, 6.45) is 2.10. The Balaban J connectivity index is 1.92. The molecule has 0 N–H and O–H groups in total. The highest BCUT2D eigenvalue weighted by Crippen LogP contribution is 2.29. The van der Waals surface area contributed by atoms with Crippen LogP contribution in [0.2, 0.25) is 0 Å². The van der Waals surface area contributed by atoms with E-state index in [1.165, 1.54) is 0 Å². The van der Waals surface area contributed by atoms with Crippen LogP contribution >= 0.6 is 11.3 Å². The number of hydrogen-bond donors (Lipinski definition) is 0. The van der Waals surface area contributed by atoms with Crippen molar-refractivity contribution in [3.8, 4) is 10.6 Å². The first kappa shape index (κ1) is 14.4. The highest BCUT2D eigenvalue weighted by Gasteiger charge is 2.21. The summed E-state index contributed by atoms with van der Waals surface area (Å²) in [5.74, 6) is 1.78. The standard InChI is InChI=1S/C15H20N4OS/c1-10-15(21-9-16-10)13-8-14(18-11(2)17-13)19(3)12-4-6-20-7-5-12/h8-9,12H,4-7H2,1-3H3. The SMILES string of the molecule is Cc1nc(-c2scnc2C)cc(N(C)C2CCOCC2)n1. The topological polar surface area (TPSA) is 51.1 Å². The Hall–Kier alpha value is -1.53. The minimum absolute atomic E-state index is 0.489. The van der Waals surface area contributed by atoms with E-state index in [2.05, 4.69) is 33.0 Å². The van der Waals surface area contributed by atoms with Gasteiger partial charge in [0.15, 0.2) is 0 Å². The third kappa shape index (κ3) is 3.06. The molecule has 1 aliphatic rings. The maximum absolute atomic E-state index is 5.44. The largest absolute Gasteiger partial charge is 0.381 e. The highest BCUT2D eigenvalue weighted by atomic mass is 32.1. The number of thiazole rings is 1. The molecule has 2 aromatic heterocycles. The second-order valence-electron chi connectivity index (χ2n) is 5.38. The van der Waals surface area contributed by atoms with E-state index < -0.39 is 0 Å². The van der Waals surface area contributed by atoms with E-state index in [0.717, 1.165) is 54.0 Å². The van der Waals surface area contributed by atoms with Gasteiger partial charge in [-0.3, -0.25) is 0 Å². The number of nitrogens with zero attached hydrogens (tertiary/aromatic N) is 4. The van der Waals surface area contributed by atoms with E-state index in [1.807, 2.05) is 19.4 Å². The monoisotopic (exact) mass is 304 g/mol. The molecule has 2 aromatic rings. The molecule has 0 amide bonds.